The second kappa shape index (κ2) is 7.56. The Morgan fingerprint density at radius 2 is 1.89 bits per heavy atom. The summed E-state index contributed by atoms with van der Waals surface area (Å²) < 4.78 is 5.31. The highest BCUT2D eigenvalue weighted by molar-refractivity contribution is 6.22. The van der Waals surface area contributed by atoms with E-state index in [1.54, 1.807) is 69.6 Å². The topological polar surface area (TPSA) is 104 Å². The van der Waals surface area contributed by atoms with Crippen LogP contribution >= 0.6 is 0 Å². The second-order valence-corrected chi connectivity index (χ2v) is 7.18. The average molecular weight is 379 g/mol. The van der Waals surface area contributed by atoms with Gasteiger partial charge in [-0.2, -0.15) is 0 Å². The highest BCUT2D eigenvalue weighted by Crippen LogP contribution is 2.29. The highest BCUT2D eigenvalue weighted by atomic mass is 16.6. The Morgan fingerprint density at radius 1 is 1.18 bits per heavy atom. The Morgan fingerprint density at radius 3 is 2.54 bits per heavy atom. The van der Waals surface area contributed by atoms with Gasteiger partial charge in [-0.1, -0.05) is 30.3 Å². The molecule has 0 aliphatic rings. The number of aliphatic carboxylic acids is 1. The number of hydrogen-bond donors (Lipinski definition) is 3. The second-order valence-electron chi connectivity index (χ2n) is 7.18. The number of nitrogens with one attached hydrogen (secondary N) is 2. The molecule has 7 nitrogen and oxygen atoms in total. The van der Waals surface area contributed by atoms with E-state index in [9.17, 15) is 14.7 Å². The minimum Gasteiger partial charge on any atom is -0.478 e. The lowest BCUT2D eigenvalue weighted by Crippen LogP contribution is -2.27. The molecule has 0 aliphatic heterocycles. The van der Waals surface area contributed by atoms with E-state index in [0.29, 0.717) is 27.8 Å². The van der Waals surface area contributed by atoms with Crippen molar-refractivity contribution in [2.24, 2.45) is 0 Å². The number of nitrogens with zero attached hydrogens (tertiary/aromatic N) is 1. The number of hydrogen-bond acceptors (Lipinski definition) is 4. The van der Waals surface area contributed by atoms with Crippen LogP contribution in [0.5, 0.6) is 0 Å². The summed E-state index contributed by atoms with van der Waals surface area (Å²) in [6.07, 6.45) is 4.16. The molecule has 0 aliphatic carbocycles. The number of pyridine rings is 1. The average Bonchev–Trinajstić information content (AvgIpc) is 3.02. The molecule has 1 amide bonds. The summed E-state index contributed by atoms with van der Waals surface area (Å²) in [6.45, 7) is 5.33. The maximum atomic E-state index is 12.2. The lowest BCUT2D eigenvalue weighted by molar-refractivity contribution is -0.130. The van der Waals surface area contributed by atoms with Crippen molar-refractivity contribution in [2.75, 3.05) is 5.32 Å². The van der Waals surface area contributed by atoms with Crippen LogP contribution in [0.1, 0.15) is 31.9 Å². The molecule has 3 rings (SSSR count). The van der Waals surface area contributed by atoms with Gasteiger partial charge in [-0.3, -0.25) is 5.32 Å². The van der Waals surface area contributed by atoms with Crippen molar-refractivity contribution < 1.29 is 19.4 Å². The summed E-state index contributed by atoms with van der Waals surface area (Å²) in [4.78, 5) is 31.2. The fraction of sp³-hybridized carbons (Fsp3) is 0.190. The zero-order valence-corrected chi connectivity index (χ0v) is 15.8. The van der Waals surface area contributed by atoms with Crippen LogP contribution < -0.4 is 5.32 Å². The van der Waals surface area contributed by atoms with Crippen molar-refractivity contribution in [2.45, 2.75) is 26.4 Å². The largest absolute Gasteiger partial charge is 0.478 e. The molecule has 28 heavy (non-hydrogen) atoms. The molecule has 3 aromatic rings. The maximum Gasteiger partial charge on any atom is 0.412 e. The van der Waals surface area contributed by atoms with E-state index in [1.165, 1.54) is 0 Å². The minimum absolute atomic E-state index is 0.133. The van der Waals surface area contributed by atoms with Crippen LogP contribution in [-0.2, 0) is 9.53 Å². The summed E-state index contributed by atoms with van der Waals surface area (Å²) in [6, 6.07) is 10.5. The first-order chi connectivity index (χ1) is 13.2. The maximum absolute atomic E-state index is 12.2. The third kappa shape index (κ3) is 4.37. The first kappa shape index (κ1) is 19.2. The highest BCUT2D eigenvalue weighted by Gasteiger charge is 2.19. The minimum atomic E-state index is -1.05. The van der Waals surface area contributed by atoms with E-state index in [4.69, 9.17) is 4.74 Å². The van der Waals surface area contributed by atoms with Crippen molar-refractivity contribution >= 4 is 40.4 Å². The number of anilines is 1. The van der Waals surface area contributed by atoms with Gasteiger partial charge >= 0.3 is 12.1 Å². The van der Waals surface area contributed by atoms with Gasteiger partial charge in [0.15, 0.2) is 0 Å². The summed E-state index contributed by atoms with van der Waals surface area (Å²) >= 11 is 0. The quantitative estimate of drug-likeness (QED) is 0.578. The fourth-order valence-corrected chi connectivity index (χ4v) is 2.76. The van der Waals surface area contributed by atoms with Gasteiger partial charge in [-0.05, 0) is 38.5 Å². The molecule has 7 heteroatoms. The number of carbonyl (C=O) groups excluding carboxylic acids is 1. The van der Waals surface area contributed by atoms with E-state index in [1.807, 2.05) is 6.07 Å². The Bertz CT molecular complexity index is 1050. The number of fused-ring (bicyclic) bond motifs is 1. The number of rotatable bonds is 4. The van der Waals surface area contributed by atoms with Crippen LogP contribution in [0.3, 0.4) is 0 Å². The van der Waals surface area contributed by atoms with Crippen molar-refractivity contribution in [3.63, 3.8) is 0 Å². The molecule has 2 aromatic heterocycles. The van der Waals surface area contributed by atoms with Gasteiger partial charge in [0.1, 0.15) is 11.2 Å². The SMILES string of the molecule is CC(C)(C)OC(=O)Nc1ccnc2[nH]cc(/C=C(/C(=O)O)c3ccccc3)c12. The Kier molecular flexibility index (Phi) is 5.17. The van der Waals surface area contributed by atoms with Crippen LogP contribution in [0.15, 0.2) is 48.8 Å². The third-order valence-corrected chi connectivity index (χ3v) is 3.85. The molecular formula is C21H21N3O4. The van der Waals surface area contributed by atoms with Gasteiger partial charge in [-0.25, -0.2) is 14.6 Å². The van der Waals surface area contributed by atoms with E-state index in [0.717, 1.165) is 0 Å². The smallest absolute Gasteiger partial charge is 0.412 e. The Balaban J connectivity index is 2.05. The summed E-state index contributed by atoms with van der Waals surface area (Å²) in [5.74, 6) is -1.05. The summed E-state index contributed by atoms with van der Waals surface area (Å²) in [5, 5.41) is 13.0. The molecule has 2 heterocycles. The number of carboxylic acid groups (broad SMARTS) is 1. The van der Waals surface area contributed by atoms with Crippen LogP contribution in [0.25, 0.3) is 22.7 Å². The fourth-order valence-electron chi connectivity index (χ4n) is 2.76. The molecule has 1 aromatic carbocycles. The number of ether oxygens (including phenoxy) is 1. The van der Waals surface area contributed by atoms with Crippen molar-refractivity contribution in [1.82, 2.24) is 9.97 Å². The molecule has 0 bridgehead atoms. The lowest BCUT2D eigenvalue weighted by atomic mass is 10.0. The molecule has 0 saturated heterocycles. The van der Waals surface area contributed by atoms with E-state index in [-0.39, 0.29) is 5.57 Å². The molecule has 0 saturated carbocycles. The predicted octanol–water partition coefficient (Wildman–Crippen LogP) is 4.54. The number of carbonyl (C=O) groups is 2. The lowest BCUT2D eigenvalue weighted by Gasteiger charge is -2.19. The summed E-state index contributed by atoms with van der Waals surface area (Å²) in [5.41, 5.74) is 1.67. The van der Waals surface area contributed by atoms with E-state index >= 15 is 0 Å². The standard InChI is InChI=1S/C21H21N3O4/c1-21(2,3)28-20(27)24-16-9-10-22-18-17(16)14(12-23-18)11-15(19(25)26)13-7-5-4-6-8-13/h4-12H,1-3H3,(H,25,26)(H2,22,23,24,27)/b15-11+. The number of H-pyrrole nitrogens is 1. The van der Waals surface area contributed by atoms with Gasteiger partial charge in [0.2, 0.25) is 0 Å². The molecular weight excluding hydrogens is 358 g/mol. The predicted molar refractivity (Wildman–Crippen MR) is 108 cm³/mol. The number of amides is 1. The Hall–Kier alpha value is -3.61. The van der Waals surface area contributed by atoms with Crippen molar-refractivity contribution in [1.29, 1.82) is 0 Å². The van der Waals surface area contributed by atoms with Gasteiger partial charge in [0.05, 0.1) is 11.3 Å². The van der Waals surface area contributed by atoms with Gasteiger partial charge < -0.3 is 14.8 Å². The first-order valence-electron chi connectivity index (χ1n) is 8.71. The molecule has 0 spiro atoms. The van der Waals surface area contributed by atoms with E-state index < -0.39 is 17.7 Å². The monoisotopic (exact) mass is 379 g/mol. The number of aromatic amines is 1. The Labute approximate surface area is 162 Å². The van der Waals surface area contributed by atoms with Crippen molar-refractivity contribution in [3.05, 3.63) is 59.9 Å². The molecule has 3 N–H and O–H groups in total. The number of benzene rings is 1. The number of aromatic nitrogens is 2. The zero-order valence-electron chi connectivity index (χ0n) is 15.8. The summed E-state index contributed by atoms with van der Waals surface area (Å²) in [7, 11) is 0. The molecule has 0 fully saturated rings. The molecule has 144 valence electrons. The normalized spacial score (nSPS) is 12.0. The molecule has 0 radical (unpaired) electrons. The number of carboxylic acids is 1. The van der Waals surface area contributed by atoms with Crippen LogP contribution in [0.2, 0.25) is 0 Å². The zero-order chi connectivity index (χ0) is 20.3. The molecule has 0 atom stereocenters. The van der Waals surface area contributed by atoms with Crippen molar-refractivity contribution in [3.8, 4) is 0 Å². The van der Waals surface area contributed by atoms with Gasteiger partial charge in [0.25, 0.3) is 0 Å². The molecule has 0 unspecified atom stereocenters. The van der Waals surface area contributed by atoms with Gasteiger partial charge in [0, 0.05) is 23.3 Å². The van der Waals surface area contributed by atoms with E-state index in [2.05, 4.69) is 15.3 Å². The first-order valence-corrected chi connectivity index (χ1v) is 8.71. The third-order valence-electron chi connectivity index (χ3n) is 3.85. The van der Waals surface area contributed by atoms with Crippen LogP contribution in [0, 0.1) is 0 Å². The van der Waals surface area contributed by atoms with Crippen LogP contribution in [-0.4, -0.2) is 32.7 Å². The van der Waals surface area contributed by atoms with Crippen LogP contribution in [0.4, 0.5) is 10.5 Å². The van der Waals surface area contributed by atoms with Gasteiger partial charge in [-0.15, -0.1) is 0 Å².